The van der Waals surface area contributed by atoms with Crippen LogP contribution < -0.4 is 4.90 Å². The number of aromatic nitrogens is 1. The fourth-order valence-corrected chi connectivity index (χ4v) is 6.05. The fourth-order valence-electron chi connectivity index (χ4n) is 4.47. The molecule has 0 unspecified atom stereocenters. The maximum absolute atomic E-state index is 13.0. The second-order valence-corrected chi connectivity index (χ2v) is 10.8. The molecule has 2 heterocycles. The van der Waals surface area contributed by atoms with Gasteiger partial charge in [-0.3, -0.25) is 4.79 Å². The molecule has 172 valence electrons. The van der Waals surface area contributed by atoms with Crippen LogP contribution >= 0.6 is 11.6 Å². The highest BCUT2D eigenvalue weighted by Gasteiger charge is 2.29. The highest BCUT2D eigenvalue weighted by molar-refractivity contribution is 7.89. The lowest BCUT2D eigenvalue weighted by molar-refractivity contribution is 0.0746. The molecule has 1 aromatic carbocycles. The van der Waals surface area contributed by atoms with Gasteiger partial charge in [-0.05, 0) is 49.2 Å². The lowest BCUT2D eigenvalue weighted by Gasteiger charge is -2.35. The number of hydrogen-bond donors (Lipinski definition) is 0. The Hall–Kier alpha value is -2.16. The van der Waals surface area contributed by atoms with Crippen molar-refractivity contribution in [3.05, 3.63) is 53.2 Å². The van der Waals surface area contributed by atoms with Gasteiger partial charge in [-0.1, -0.05) is 36.9 Å². The summed E-state index contributed by atoms with van der Waals surface area (Å²) in [5, 5.41) is 0.449. The summed E-state index contributed by atoms with van der Waals surface area (Å²) < 4.78 is 27.5. The Kier molecular flexibility index (Phi) is 7.02. The topological polar surface area (TPSA) is 73.8 Å². The van der Waals surface area contributed by atoms with Crippen molar-refractivity contribution in [2.24, 2.45) is 0 Å². The minimum atomic E-state index is -3.56. The van der Waals surface area contributed by atoms with E-state index in [9.17, 15) is 13.2 Å². The third kappa shape index (κ3) is 4.92. The number of pyridine rings is 1. The summed E-state index contributed by atoms with van der Waals surface area (Å²) in [6.07, 6.45) is 5.12. The van der Waals surface area contributed by atoms with Crippen LogP contribution in [0.15, 0.2) is 47.4 Å². The maximum atomic E-state index is 13.0. The molecule has 1 saturated carbocycles. The molecule has 1 saturated heterocycles. The first-order valence-electron chi connectivity index (χ1n) is 11.1. The van der Waals surface area contributed by atoms with Gasteiger partial charge in [0, 0.05) is 44.8 Å². The molecule has 1 aliphatic heterocycles. The molecule has 9 heteroatoms. The van der Waals surface area contributed by atoms with E-state index in [-0.39, 0.29) is 16.8 Å². The number of halogens is 1. The van der Waals surface area contributed by atoms with Gasteiger partial charge < -0.3 is 9.80 Å². The Bertz CT molecular complexity index is 1050. The van der Waals surface area contributed by atoms with E-state index in [4.69, 9.17) is 11.6 Å². The Morgan fingerprint density at radius 1 is 1.00 bits per heavy atom. The summed E-state index contributed by atoms with van der Waals surface area (Å²) in [5.41, 5.74) is 0.499. The molecule has 1 amide bonds. The van der Waals surface area contributed by atoms with Crippen LogP contribution in [-0.4, -0.2) is 67.8 Å². The lowest BCUT2D eigenvalue weighted by atomic mass is 9.96. The van der Waals surface area contributed by atoms with Crippen LogP contribution in [0.1, 0.15) is 42.5 Å². The summed E-state index contributed by atoms with van der Waals surface area (Å²) in [5.74, 6) is 0.717. The van der Waals surface area contributed by atoms with Crippen LogP contribution in [0.3, 0.4) is 0 Å². The van der Waals surface area contributed by atoms with Gasteiger partial charge in [-0.25, -0.2) is 13.4 Å². The minimum Gasteiger partial charge on any atom is -0.353 e. The van der Waals surface area contributed by atoms with Crippen molar-refractivity contribution in [2.45, 2.75) is 43.0 Å². The molecule has 2 aromatic rings. The van der Waals surface area contributed by atoms with Crippen LogP contribution in [0, 0.1) is 0 Å². The van der Waals surface area contributed by atoms with Gasteiger partial charge in [0.2, 0.25) is 10.0 Å². The van der Waals surface area contributed by atoms with Gasteiger partial charge in [0.25, 0.3) is 5.91 Å². The number of hydrogen-bond acceptors (Lipinski definition) is 5. The summed E-state index contributed by atoms with van der Waals surface area (Å²) >= 11 is 5.98. The molecule has 0 atom stereocenters. The third-order valence-electron chi connectivity index (χ3n) is 6.46. The molecule has 2 fully saturated rings. The van der Waals surface area contributed by atoms with Gasteiger partial charge in [0.05, 0.1) is 4.90 Å². The molecule has 1 aliphatic carbocycles. The van der Waals surface area contributed by atoms with Crippen molar-refractivity contribution in [1.29, 1.82) is 0 Å². The van der Waals surface area contributed by atoms with Crippen molar-refractivity contribution in [3.63, 3.8) is 0 Å². The van der Waals surface area contributed by atoms with Crippen LogP contribution in [-0.2, 0) is 10.0 Å². The fraction of sp³-hybridized carbons (Fsp3) is 0.478. The van der Waals surface area contributed by atoms with Crippen molar-refractivity contribution < 1.29 is 13.2 Å². The van der Waals surface area contributed by atoms with E-state index in [0.717, 1.165) is 31.5 Å². The number of sulfonamides is 1. The molecule has 4 rings (SSSR count). The van der Waals surface area contributed by atoms with Gasteiger partial charge in [0.15, 0.2) is 0 Å². The summed E-state index contributed by atoms with van der Waals surface area (Å²) in [7, 11) is -1.90. The quantitative estimate of drug-likeness (QED) is 0.616. The predicted octanol–water partition coefficient (Wildman–Crippen LogP) is 3.65. The van der Waals surface area contributed by atoms with Crippen LogP contribution in [0.2, 0.25) is 5.15 Å². The molecule has 0 bridgehead atoms. The number of carbonyl (C=O) groups excluding carboxylic acids is 1. The number of carbonyl (C=O) groups is 1. The predicted molar refractivity (Wildman–Crippen MR) is 126 cm³/mol. The Morgan fingerprint density at radius 2 is 1.66 bits per heavy atom. The average molecular weight is 477 g/mol. The first-order chi connectivity index (χ1) is 15.4. The normalized spacial score (nSPS) is 18.2. The molecule has 1 aromatic heterocycles. The van der Waals surface area contributed by atoms with Crippen molar-refractivity contribution in [3.8, 4) is 0 Å². The first kappa shape index (κ1) is 23.0. The zero-order valence-corrected chi connectivity index (χ0v) is 19.9. The van der Waals surface area contributed by atoms with Crippen LogP contribution in [0.25, 0.3) is 0 Å². The average Bonchev–Trinajstić information content (AvgIpc) is 2.84. The largest absolute Gasteiger partial charge is 0.353 e. The molecule has 7 nitrogen and oxygen atoms in total. The van der Waals surface area contributed by atoms with Gasteiger partial charge in [-0.15, -0.1) is 0 Å². The highest BCUT2D eigenvalue weighted by atomic mass is 35.5. The van der Waals surface area contributed by atoms with Crippen molar-refractivity contribution in [1.82, 2.24) is 14.2 Å². The minimum absolute atomic E-state index is 0.0559. The summed E-state index contributed by atoms with van der Waals surface area (Å²) in [4.78, 5) is 21.4. The van der Waals surface area contributed by atoms with E-state index < -0.39 is 10.0 Å². The summed E-state index contributed by atoms with van der Waals surface area (Å²) in [6.45, 7) is 2.46. The number of nitrogens with zero attached hydrogens (tertiary/aromatic N) is 4. The van der Waals surface area contributed by atoms with E-state index >= 15 is 0 Å². The number of piperazine rings is 1. The van der Waals surface area contributed by atoms with Gasteiger partial charge in [-0.2, -0.15) is 4.31 Å². The Morgan fingerprint density at radius 3 is 2.28 bits per heavy atom. The Labute approximate surface area is 195 Å². The van der Waals surface area contributed by atoms with Crippen molar-refractivity contribution in [2.75, 3.05) is 38.1 Å². The monoisotopic (exact) mass is 476 g/mol. The standard InChI is InChI=1S/C23H29ClN4O3S/c1-26(19-6-3-2-4-7-19)32(30,31)20-12-10-18(11-13-20)23(29)28-16-14-27(15-17-28)22-9-5-8-21(24)25-22/h5,8-13,19H,2-4,6-7,14-17H2,1H3. The zero-order valence-electron chi connectivity index (χ0n) is 18.3. The van der Waals surface area contributed by atoms with Crippen LogP contribution in [0.4, 0.5) is 5.82 Å². The lowest BCUT2D eigenvalue weighted by Crippen LogP contribution is -2.49. The number of rotatable bonds is 5. The highest BCUT2D eigenvalue weighted by Crippen LogP contribution is 2.27. The van der Waals surface area contributed by atoms with Gasteiger partial charge >= 0.3 is 0 Å². The Balaban J connectivity index is 1.39. The smallest absolute Gasteiger partial charge is 0.253 e. The van der Waals surface area contributed by atoms with E-state index in [1.807, 2.05) is 12.1 Å². The molecule has 0 N–H and O–H groups in total. The van der Waals surface area contributed by atoms with E-state index in [2.05, 4.69) is 9.88 Å². The summed E-state index contributed by atoms with van der Waals surface area (Å²) in [6, 6.07) is 11.9. The molecule has 0 spiro atoms. The molecule has 2 aliphatic rings. The first-order valence-corrected chi connectivity index (χ1v) is 12.9. The van der Waals surface area contributed by atoms with E-state index in [1.165, 1.54) is 10.7 Å². The number of benzene rings is 1. The molecular formula is C23H29ClN4O3S. The van der Waals surface area contributed by atoms with Crippen molar-refractivity contribution >= 4 is 33.3 Å². The number of anilines is 1. The SMILES string of the molecule is CN(C1CCCCC1)S(=O)(=O)c1ccc(C(=O)N2CCN(c3cccc(Cl)n3)CC2)cc1. The third-order valence-corrected chi connectivity index (χ3v) is 8.59. The molecular weight excluding hydrogens is 448 g/mol. The second kappa shape index (κ2) is 9.77. The van der Waals surface area contributed by atoms with E-state index in [0.29, 0.717) is 36.9 Å². The molecule has 32 heavy (non-hydrogen) atoms. The molecule has 0 radical (unpaired) electrons. The van der Waals surface area contributed by atoms with E-state index in [1.54, 1.807) is 42.3 Å². The second-order valence-electron chi connectivity index (χ2n) is 8.44. The number of amides is 1. The van der Waals surface area contributed by atoms with Gasteiger partial charge in [0.1, 0.15) is 11.0 Å². The maximum Gasteiger partial charge on any atom is 0.253 e. The van der Waals surface area contributed by atoms with Crippen LogP contribution in [0.5, 0.6) is 0 Å². The zero-order chi connectivity index (χ0) is 22.7.